The monoisotopic (exact) mass is 217 g/mol. The zero-order chi connectivity index (χ0) is 10.4. The van der Waals surface area contributed by atoms with Gasteiger partial charge >= 0.3 is 0 Å². The molecule has 1 saturated heterocycles. The van der Waals surface area contributed by atoms with E-state index in [9.17, 15) is 0 Å². The van der Waals surface area contributed by atoms with Crippen LogP contribution in [0.15, 0.2) is 0 Å². The molecule has 0 aliphatic carbocycles. The highest BCUT2D eigenvalue weighted by molar-refractivity contribution is 7.99. The van der Waals surface area contributed by atoms with Crippen LogP contribution in [-0.4, -0.2) is 36.3 Å². The zero-order valence-corrected chi connectivity index (χ0v) is 10.4. The molecule has 0 aromatic rings. The van der Waals surface area contributed by atoms with Gasteiger partial charge in [0.2, 0.25) is 0 Å². The first kappa shape index (κ1) is 12.3. The maximum Gasteiger partial charge on any atom is 0.0666 e. The van der Waals surface area contributed by atoms with Crippen molar-refractivity contribution in [3.63, 3.8) is 0 Å². The molecule has 2 atom stereocenters. The number of hydrogen-bond donors (Lipinski definition) is 1. The van der Waals surface area contributed by atoms with Crippen molar-refractivity contribution in [1.29, 1.82) is 0 Å². The third kappa shape index (κ3) is 5.23. The molecule has 0 amide bonds. The van der Waals surface area contributed by atoms with E-state index in [1.807, 2.05) is 11.8 Å². The van der Waals surface area contributed by atoms with Crippen molar-refractivity contribution in [3.05, 3.63) is 0 Å². The van der Waals surface area contributed by atoms with Crippen LogP contribution >= 0.6 is 11.8 Å². The molecule has 1 aliphatic heterocycles. The van der Waals surface area contributed by atoms with E-state index in [1.165, 1.54) is 18.6 Å². The minimum atomic E-state index is 0.529. The summed E-state index contributed by atoms with van der Waals surface area (Å²) in [6, 6.07) is 0.598. The molecular weight excluding hydrogens is 194 g/mol. The fourth-order valence-corrected chi connectivity index (χ4v) is 2.53. The van der Waals surface area contributed by atoms with E-state index in [-0.39, 0.29) is 0 Å². The van der Waals surface area contributed by atoms with E-state index in [2.05, 4.69) is 26.1 Å². The molecule has 3 heteroatoms. The highest BCUT2D eigenvalue weighted by Gasteiger charge is 2.16. The van der Waals surface area contributed by atoms with E-state index in [1.54, 1.807) is 0 Å². The van der Waals surface area contributed by atoms with Crippen molar-refractivity contribution in [2.45, 2.75) is 51.0 Å². The summed E-state index contributed by atoms with van der Waals surface area (Å²) in [6.45, 7) is 8.75. The Hall–Kier alpha value is 0.270. The summed E-state index contributed by atoms with van der Waals surface area (Å²) in [7, 11) is 0. The lowest BCUT2D eigenvalue weighted by Crippen LogP contribution is -2.29. The van der Waals surface area contributed by atoms with Gasteiger partial charge in [0.05, 0.1) is 6.10 Å². The van der Waals surface area contributed by atoms with Crippen LogP contribution < -0.4 is 5.32 Å². The molecule has 0 aromatic carbocycles. The first-order chi connectivity index (χ1) is 6.68. The second-order valence-electron chi connectivity index (χ2n) is 4.34. The lowest BCUT2D eigenvalue weighted by molar-refractivity contribution is 0.129. The van der Waals surface area contributed by atoms with Gasteiger partial charge in [-0.1, -0.05) is 20.8 Å². The number of rotatable bonds is 6. The molecule has 1 rings (SSSR count). The Labute approximate surface area is 92.2 Å². The van der Waals surface area contributed by atoms with Crippen LogP contribution in [0.5, 0.6) is 0 Å². The summed E-state index contributed by atoms with van der Waals surface area (Å²) in [6.07, 6.45) is 3.04. The first-order valence-electron chi connectivity index (χ1n) is 5.65. The molecular formula is C11H23NOS. The summed E-state index contributed by atoms with van der Waals surface area (Å²) >= 11 is 2.03. The molecule has 0 spiro atoms. The maximum absolute atomic E-state index is 5.59. The molecule has 1 aliphatic rings. The predicted molar refractivity (Wildman–Crippen MR) is 64.0 cm³/mol. The van der Waals surface area contributed by atoms with Gasteiger partial charge in [-0.3, -0.25) is 0 Å². The smallest absolute Gasteiger partial charge is 0.0666 e. The average Bonchev–Trinajstić information content (AvgIpc) is 2.63. The van der Waals surface area contributed by atoms with Gasteiger partial charge in [0.25, 0.3) is 0 Å². The summed E-state index contributed by atoms with van der Waals surface area (Å²) in [5.41, 5.74) is 0. The summed E-state index contributed by atoms with van der Waals surface area (Å²) in [4.78, 5) is 0. The van der Waals surface area contributed by atoms with Crippen LogP contribution in [0.2, 0.25) is 0 Å². The van der Waals surface area contributed by atoms with E-state index in [4.69, 9.17) is 4.74 Å². The minimum Gasteiger partial charge on any atom is -0.377 e. The Morgan fingerprint density at radius 1 is 1.43 bits per heavy atom. The molecule has 2 unspecified atom stereocenters. The van der Waals surface area contributed by atoms with Crippen LogP contribution in [0.4, 0.5) is 0 Å². The van der Waals surface area contributed by atoms with Crippen LogP contribution in [0.1, 0.15) is 33.6 Å². The Kier molecular flexibility index (Phi) is 5.90. The van der Waals surface area contributed by atoms with Gasteiger partial charge in [-0.25, -0.2) is 0 Å². The fraction of sp³-hybridized carbons (Fsp3) is 1.00. The topological polar surface area (TPSA) is 21.3 Å². The normalized spacial score (nSPS) is 24.4. The van der Waals surface area contributed by atoms with Gasteiger partial charge in [0.15, 0.2) is 0 Å². The van der Waals surface area contributed by atoms with Crippen molar-refractivity contribution < 1.29 is 4.74 Å². The number of nitrogens with one attached hydrogen (secondary N) is 1. The van der Waals surface area contributed by atoms with Crippen molar-refractivity contribution in [1.82, 2.24) is 5.32 Å². The summed E-state index contributed by atoms with van der Waals surface area (Å²) in [5, 5.41) is 4.15. The quantitative estimate of drug-likeness (QED) is 0.737. The minimum absolute atomic E-state index is 0.529. The average molecular weight is 217 g/mol. The van der Waals surface area contributed by atoms with E-state index >= 15 is 0 Å². The van der Waals surface area contributed by atoms with Crippen molar-refractivity contribution in [2.75, 3.05) is 18.9 Å². The van der Waals surface area contributed by atoms with Gasteiger partial charge in [0.1, 0.15) is 0 Å². The van der Waals surface area contributed by atoms with E-state index < -0.39 is 0 Å². The van der Waals surface area contributed by atoms with Gasteiger partial charge in [-0.15, -0.1) is 0 Å². The Morgan fingerprint density at radius 2 is 2.21 bits per heavy atom. The second kappa shape index (κ2) is 6.70. The van der Waals surface area contributed by atoms with Gasteiger partial charge in [-0.2, -0.15) is 11.8 Å². The first-order valence-corrected chi connectivity index (χ1v) is 6.70. The number of thioether (sulfide) groups is 1. The number of ether oxygens (including phenoxy) is 1. The SMILES string of the molecule is CC(C)NCC(C)SCC1CCCO1. The summed E-state index contributed by atoms with van der Waals surface area (Å²) in [5.74, 6) is 1.17. The lowest BCUT2D eigenvalue weighted by Gasteiger charge is -2.16. The highest BCUT2D eigenvalue weighted by Crippen LogP contribution is 2.19. The van der Waals surface area contributed by atoms with Crippen LogP contribution in [0, 0.1) is 0 Å². The van der Waals surface area contributed by atoms with Gasteiger partial charge in [-0.05, 0) is 12.8 Å². The molecule has 1 heterocycles. The van der Waals surface area contributed by atoms with Crippen LogP contribution in [-0.2, 0) is 4.74 Å². The van der Waals surface area contributed by atoms with Gasteiger partial charge < -0.3 is 10.1 Å². The standard InChI is InChI=1S/C11H23NOS/c1-9(2)12-7-10(3)14-8-11-5-4-6-13-11/h9-12H,4-8H2,1-3H3. The van der Waals surface area contributed by atoms with Crippen molar-refractivity contribution in [3.8, 4) is 0 Å². The Bertz CT molecular complexity index is 146. The zero-order valence-electron chi connectivity index (χ0n) is 9.58. The van der Waals surface area contributed by atoms with Crippen LogP contribution in [0.3, 0.4) is 0 Å². The van der Waals surface area contributed by atoms with Crippen LogP contribution in [0.25, 0.3) is 0 Å². The molecule has 14 heavy (non-hydrogen) atoms. The molecule has 1 fully saturated rings. The molecule has 1 N–H and O–H groups in total. The summed E-state index contributed by atoms with van der Waals surface area (Å²) < 4.78 is 5.59. The molecule has 2 nitrogen and oxygen atoms in total. The molecule has 84 valence electrons. The second-order valence-corrected chi connectivity index (χ2v) is 5.81. The van der Waals surface area contributed by atoms with Gasteiger partial charge in [0, 0.05) is 30.2 Å². The highest BCUT2D eigenvalue weighted by atomic mass is 32.2. The molecule has 0 saturated carbocycles. The fourth-order valence-electron chi connectivity index (χ4n) is 1.51. The molecule has 0 bridgehead atoms. The van der Waals surface area contributed by atoms with Crippen molar-refractivity contribution >= 4 is 11.8 Å². The number of hydrogen-bond acceptors (Lipinski definition) is 3. The maximum atomic E-state index is 5.59. The lowest BCUT2D eigenvalue weighted by atomic mass is 10.3. The molecule has 0 aromatic heterocycles. The molecule has 0 radical (unpaired) electrons. The predicted octanol–water partition coefficient (Wildman–Crippen LogP) is 2.29. The Balaban J connectivity index is 1.99. The third-order valence-electron chi connectivity index (χ3n) is 2.40. The third-order valence-corrected chi connectivity index (χ3v) is 3.70. The Morgan fingerprint density at radius 3 is 2.79 bits per heavy atom. The van der Waals surface area contributed by atoms with Crippen molar-refractivity contribution in [2.24, 2.45) is 0 Å². The van der Waals surface area contributed by atoms with E-state index in [0.717, 1.165) is 13.2 Å². The van der Waals surface area contributed by atoms with E-state index in [0.29, 0.717) is 17.4 Å². The largest absolute Gasteiger partial charge is 0.377 e.